The van der Waals surface area contributed by atoms with Crippen molar-refractivity contribution in [2.75, 3.05) is 5.75 Å². The Morgan fingerprint density at radius 3 is 2.68 bits per heavy atom. The number of rotatable bonds is 4. The van der Waals surface area contributed by atoms with Crippen molar-refractivity contribution in [3.8, 4) is 0 Å². The maximum atomic E-state index is 11.1. The molecule has 0 bridgehead atoms. The molecule has 2 aliphatic rings. The highest BCUT2D eigenvalue weighted by Crippen LogP contribution is 2.25. The fourth-order valence-corrected chi connectivity index (χ4v) is 3.09. The highest BCUT2D eigenvalue weighted by molar-refractivity contribution is 8.14. The Morgan fingerprint density at radius 1 is 1.41 bits per heavy atom. The van der Waals surface area contributed by atoms with E-state index in [-0.39, 0.29) is 11.9 Å². The van der Waals surface area contributed by atoms with Gasteiger partial charge >= 0.3 is 0 Å². The van der Waals surface area contributed by atoms with Crippen LogP contribution in [0, 0.1) is 0 Å². The van der Waals surface area contributed by atoms with E-state index in [1.54, 1.807) is 11.8 Å². The van der Waals surface area contributed by atoms with Gasteiger partial charge in [-0.3, -0.25) is 15.2 Å². The Hall–Kier alpha value is -1.82. The summed E-state index contributed by atoms with van der Waals surface area (Å²) < 4.78 is 0. The van der Waals surface area contributed by atoms with Crippen molar-refractivity contribution in [3.63, 3.8) is 0 Å². The third-order valence-corrected chi connectivity index (χ3v) is 4.53. The van der Waals surface area contributed by atoms with Crippen molar-refractivity contribution >= 4 is 28.5 Å². The van der Waals surface area contributed by atoms with Gasteiger partial charge in [-0.25, -0.2) is 0 Å². The second-order valence-corrected chi connectivity index (χ2v) is 6.63. The summed E-state index contributed by atoms with van der Waals surface area (Å²) >= 11 is 1.70. The molecule has 1 heterocycles. The van der Waals surface area contributed by atoms with E-state index in [9.17, 15) is 4.79 Å². The Labute approximate surface area is 134 Å². The Balaban J connectivity index is 1.65. The lowest BCUT2D eigenvalue weighted by atomic mass is 10.0. The molecule has 0 aromatic heterocycles. The largest absolute Gasteiger partial charge is 0.350 e. The molecule has 1 aromatic carbocycles. The van der Waals surface area contributed by atoms with Gasteiger partial charge in [0.1, 0.15) is 0 Å². The van der Waals surface area contributed by atoms with Crippen molar-refractivity contribution in [2.24, 2.45) is 10.1 Å². The fraction of sp³-hybridized carbons (Fsp3) is 0.438. The smallest absolute Gasteiger partial charge is 0.217 e. The van der Waals surface area contributed by atoms with Crippen LogP contribution in [-0.4, -0.2) is 28.6 Å². The highest BCUT2D eigenvalue weighted by atomic mass is 32.2. The predicted molar refractivity (Wildman–Crippen MR) is 91.3 cm³/mol. The Kier molecular flexibility index (Phi) is 4.47. The van der Waals surface area contributed by atoms with Gasteiger partial charge in [0.2, 0.25) is 5.91 Å². The van der Waals surface area contributed by atoms with Crippen molar-refractivity contribution in [1.82, 2.24) is 10.7 Å². The summed E-state index contributed by atoms with van der Waals surface area (Å²) in [6.45, 7) is 3.51. The van der Waals surface area contributed by atoms with Gasteiger partial charge in [0, 0.05) is 12.7 Å². The number of hydrazone groups is 1. The minimum atomic E-state index is -0.0173. The number of carbonyl (C=O) groups is 1. The zero-order valence-corrected chi connectivity index (χ0v) is 13.6. The van der Waals surface area contributed by atoms with Crippen LogP contribution in [-0.2, 0) is 4.79 Å². The van der Waals surface area contributed by atoms with E-state index < -0.39 is 0 Å². The first kappa shape index (κ1) is 15.1. The van der Waals surface area contributed by atoms with Crippen LogP contribution < -0.4 is 10.7 Å². The molecule has 116 valence electrons. The number of nitrogens with one attached hydrogen (secondary N) is 2. The van der Waals surface area contributed by atoms with E-state index in [2.05, 4.69) is 33.0 Å². The molecular weight excluding hydrogens is 296 g/mol. The quantitative estimate of drug-likeness (QED) is 0.896. The van der Waals surface area contributed by atoms with Crippen LogP contribution in [0.25, 0.3) is 0 Å². The number of carbonyl (C=O) groups excluding carboxylic acids is 1. The summed E-state index contributed by atoms with van der Waals surface area (Å²) in [5.74, 6) is 0.815. The molecule has 1 aliphatic carbocycles. The first-order chi connectivity index (χ1) is 10.6. The standard InChI is InChI=1S/C16H20N4OS/c1-10(17-11(2)21)12-3-5-13(6-4-12)15-9-22-16(20-19-15)18-14-7-8-14/h3-6,10,14H,7-9H2,1-2H3,(H,17,21)(H,18,20)/t10-/m1/s1. The van der Waals surface area contributed by atoms with E-state index in [4.69, 9.17) is 0 Å². The number of amides is 1. The lowest BCUT2D eigenvalue weighted by molar-refractivity contribution is -0.119. The van der Waals surface area contributed by atoms with E-state index in [0.717, 1.165) is 27.8 Å². The molecule has 1 fully saturated rings. The third-order valence-electron chi connectivity index (χ3n) is 3.64. The fourth-order valence-electron chi connectivity index (χ4n) is 2.25. The van der Waals surface area contributed by atoms with Crippen molar-refractivity contribution in [2.45, 2.75) is 38.8 Å². The lowest BCUT2D eigenvalue weighted by Crippen LogP contribution is -2.26. The van der Waals surface area contributed by atoms with Gasteiger partial charge in [0.15, 0.2) is 5.17 Å². The van der Waals surface area contributed by atoms with Crippen LogP contribution >= 0.6 is 11.8 Å². The van der Waals surface area contributed by atoms with Crippen LogP contribution in [0.1, 0.15) is 43.9 Å². The summed E-state index contributed by atoms with van der Waals surface area (Å²) in [5.41, 5.74) is 6.26. The Morgan fingerprint density at radius 2 is 2.14 bits per heavy atom. The highest BCUT2D eigenvalue weighted by Gasteiger charge is 2.22. The van der Waals surface area contributed by atoms with Gasteiger partial charge in [-0.15, -0.1) is 0 Å². The third kappa shape index (κ3) is 3.88. The second kappa shape index (κ2) is 6.52. The number of hydrogen-bond donors (Lipinski definition) is 2. The van der Waals surface area contributed by atoms with E-state index >= 15 is 0 Å². The lowest BCUT2D eigenvalue weighted by Gasteiger charge is -2.16. The average Bonchev–Trinajstić information content (AvgIpc) is 3.31. The molecule has 5 nitrogen and oxygen atoms in total. The summed E-state index contributed by atoms with van der Waals surface area (Å²) in [6, 6.07) is 8.72. The molecule has 3 rings (SSSR count). The molecule has 0 saturated heterocycles. The monoisotopic (exact) mass is 316 g/mol. The first-order valence-corrected chi connectivity index (χ1v) is 8.51. The summed E-state index contributed by atoms with van der Waals surface area (Å²) in [7, 11) is 0. The molecule has 0 radical (unpaired) electrons. The van der Waals surface area contributed by atoms with Crippen LogP contribution in [0.4, 0.5) is 0 Å². The number of nitrogens with zero attached hydrogens (tertiary/aromatic N) is 2. The van der Waals surface area contributed by atoms with Gasteiger partial charge in [-0.05, 0) is 30.9 Å². The zero-order chi connectivity index (χ0) is 15.5. The molecule has 0 unspecified atom stereocenters. The summed E-state index contributed by atoms with van der Waals surface area (Å²) in [5, 5.41) is 8.25. The molecule has 0 spiro atoms. The second-order valence-electron chi connectivity index (χ2n) is 5.67. The first-order valence-electron chi connectivity index (χ1n) is 7.52. The molecule has 1 amide bonds. The topological polar surface area (TPSA) is 65.8 Å². The average molecular weight is 316 g/mol. The molecule has 6 heteroatoms. The number of benzene rings is 1. The molecule has 1 atom stereocenters. The number of hydrogen-bond acceptors (Lipinski definition) is 4. The maximum Gasteiger partial charge on any atom is 0.217 e. The van der Waals surface area contributed by atoms with Gasteiger partial charge < -0.3 is 5.32 Å². The molecular formula is C16H20N4OS. The predicted octanol–water partition coefficient (Wildman–Crippen LogP) is 2.44. The minimum Gasteiger partial charge on any atom is -0.350 e. The SMILES string of the molecule is CC(=O)N[C@H](C)c1ccc(C2=NNC(=NC3CC3)SC2)cc1. The van der Waals surface area contributed by atoms with E-state index in [1.807, 2.05) is 19.1 Å². The van der Waals surface area contributed by atoms with Crippen LogP contribution in [0.2, 0.25) is 0 Å². The zero-order valence-electron chi connectivity index (χ0n) is 12.8. The summed E-state index contributed by atoms with van der Waals surface area (Å²) in [6.07, 6.45) is 2.41. The van der Waals surface area contributed by atoms with Gasteiger partial charge in [-0.2, -0.15) is 5.10 Å². The van der Waals surface area contributed by atoms with Gasteiger partial charge in [0.05, 0.1) is 17.8 Å². The summed E-state index contributed by atoms with van der Waals surface area (Å²) in [4.78, 5) is 15.7. The normalized spacial score (nSPS) is 21.0. The van der Waals surface area contributed by atoms with Crippen molar-refractivity contribution < 1.29 is 4.79 Å². The molecule has 1 saturated carbocycles. The minimum absolute atomic E-state index is 0.0173. The van der Waals surface area contributed by atoms with Gasteiger partial charge in [-0.1, -0.05) is 36.0 Å². The van der Waals surface area contributed by atoms with Crippen molar-refractivity contribution in [1.29, 1.82) is 0 Å². The number of thioether (sulfide) groups is 1. The molecule has 2 N–H and O–H groups in total. The Bertz CT molecular complexity index is 620. The van der Waals surface area contributed by atoms with Crippen molar-refractivity contribution in [3.05, 3.63) is 35.4 Å². The van der Waals surface area contributed by atoms with E-state index in [0.29, 0.717) is 6.04 Å². The number of aliphatic imine (C=N–C) groups is 1. The van der Waals surface area contributed by atoms with Crippen LogP contribution in [0.5, 0.6) is 0 Å². The van der Waals surface area contributed by atoms with E-state index in [1.165, 1.54) is 19.8 Å². The number of amidine groups is 1. The van der Waals surface area contributed by atoms with Crippen LogP contribution in [0.3, 0.4) is 0 Å². The van der Waals surface area contributed by atoms with Crippen LogP contribution in [0.15, 0.2) is 34.4 Å². The van der Waals surface area contributed by atoms with Gasteiger partial charge in [0.25, 0.3) is 0 Å². The maximum absolute atomic E-state index is 11.1. The molecule has 1 aromatic rings. The molecule has 22 heavy (non-hydrogen) atoms. The molecule has 1 aliphatic heterocycles.